The highest BCUT2D eigenvalue weighted by Gasteiger charge is 2.13. The van der Waals surface area contributed by atoms with Gasteiger partial charge in [-0.15, -0.1) is 10.2 Å². The SMILES string of the molecule is Cc1nnc(NCc2ccc(S(N)(=O)=O)o2)s1. The second-order valence-corrected chi connectivity index (χ2v) is 5.92. The van der Waals surface area contributed by atoms with Crippen molar-refractivity contribution in [3.8, 4) is 0 Å². The first kappa shape index (κ1) is 12.0. The molecule has 0 aliphatic rings. The fraction of sp³-hybridized carbons (Fsp3) is 0.250. The van der Waals surface area contributed by atoms with Gasteiger partial charge in [0, 0.05) is 0 Å². The molecule has 0 bridgehead atoms. The highest BCUT2D eigenvalue weighted by Crippen LogP contribution is 2.17. The minimum absolute atomic E-state index is 0.247. The lowest BCUT2D eigenvalue weighted by molar-refractivity contribution is 0.419. The van der Waals surface area contributed by atoms with Gasteiger partial charge in [-0.25, -0.2) is 13.6 Å². The van der Waals surface area contributed by atoms with Crippen molar-refractivity contribution < 1.29 is 12.8 Å². The second kappa shape index (κ2) is 4.43. The Kier molecular flexibility index (Phi) is 3.13. The molecule has 0 radical (unpaired) electrons. The molecule has 0 aliphatic heterocycles. The van der Waals surface area contributed by atoms with Crippen molar-refractivity contribution in [1.82, 2.24) is 10.2 Å². The summed E-state index contributed by atoms with van der Waals surface area (Å²) in [4.78, 5) is 0. The second-order valence-electron chi connectivity index (χ2n) is 3.25. The standard InChI is InChI=1S/C8H10N4O3S2/c1-5-11-12-8(16-5)10-4-6-2-3-7(15-6)17(9,13)14/h2-3H,4H2,1H3,(H,10,12)(H2,9,13,14). The topological polar surface area (TPSA) is 111 Å². The summed E-state index contributed by atoms with van der Waals surface area (Å²) in [5.41, 5.74) is 0. The molecular weight excluding hydrogens is 264 g/mol. The summed E-state index contributed by atoms with van der Waals surface area (Å²) in [5.74, 6) is 0.460. The predicted octanol–water partition coefficient (Wildman–Crippen LogP) is 0.699. The molecule has 0 unspecified atom stereocenters. The molecule has 0 amide bonds. The molecule has 92 valence electrons. The average Bonchev–Trinajstić information content (AvgIpc) is 2.82. The van der Waals surface area contributed by atoms with Crippen LogP contribution in [-0.4, -0.2) is 18.6 Å². The number of anilines is 1. The number of aromatic nitrogens is 2. The molecule has 2 rings (SSSR count). The molecule has 17 heavy (non-hydrogen) atoms. The number of aryl methyl sites for hydroxylation is 1. The van der Waals surface area contributed by atoms with E-state index in [0.29, 0.717) is 17.4 Å². The fourth-order valence-corrected chi connectivity index (χ4v) is 2.21. The van der Waals surface area contributed by atoms with Crippen LogP contribution < -0.4 is 10.5 Å². The Morgan fingerprint density at radius 1 is 1.47 bits per heavy atom. The summed E-state index contributed by atoms with van der Waals surface area (Å²) in [6, 6.07) is 2.86. The number of hydrogen-bond acceptors (Lipinski definition) is 7. The van der Waals surface area contributed by atoms with E-state index < -0.39 is 10.0 Å². The summed E-state index contributed by atoms with van der Waals surface area (Å²) >= 11 is 1.40. The summed E-state index contributed by atoms with van der Waals surface area (Å²) < 4.78 is 27.0. The van der Waals surface area contributed by atoms with Crippen molar-refractivity contribution in [2.45, 2.75) is 18.6 Å². The van der Waals surface area contributed by atoms with E-state index in [0.717, 1.165) is 5.01 Å². The van der Waals surface area contributed by atoms with Crippen LogP contribution in [0.15, 0.2) is 21.6 Å². The summed E-state index contributed by atoms with van der Waals surface area (Å²) in [5, 5.41) is 16.8. The lowest BCUT2D eigenvalue weighted by atomic mass is 10.4. The van der Waals surface area contributed by atoms with Gasteiger partial charge in [0.1, 0.15) is 10.8 Å². The highest BCUT2D eigenvalue weighted by atomic mass is 32.2. The minimum atomic E-state index is -3.78. The third-order valence-electron chi connectivity index (χ3n) is 1.86. The molecule has 3 N–H and O–H groups in total. The van der Waals surface area contributed by atoms with Crippen molar-refractivity contribution in [1.29, 1.82) is 0 Å². The Bertz CT molecular complexity index is 616. The maximum Gasteiger partial charge on any atom is 0.271 e. The molecular formula is C8H10N4O3S2. The predicted molar refractivity (Wildman–Crippen MR) is 62.1 cm³/mol. The van der Waals surface area contributed by atoms with Crippen LogP contribution in [0.1, 0.15) is 10.8 Å². The monoisotopic (exact) mass is 274 g/mol. The van der Waals surface area contributed by atoms with Gasteiger partial charge in [0.15, 0.2) is 0 Å². The number of primary sulfonamides is 1. The van der Waals surface area contributed by atoms with Crippen LogP contribution >= 0.6 is 11.3 Å². The minimum Gasteiger partial charge on any atom is -0.446 e. The van der Waals surface area contributed by atoms with Crippen molar-refractivity contribution in [3.63, 3.8) is 0 Å². The van der Waals surface area contributed by atoms with E-state index in [-0.39, 0.29) is 5.09 Å². The highest BCUT2D eigenvalue weighted by molar-refractivity contribution is 7.89. The van der Waals surface area contributed by atoms with E-state index in [9.17, 15) is 8.42 Å². The molecule has 0 spiro atoms. The van der Waals surface area contributed by atoms with E-state index >= 15 is 0 Å². The number of hydrogen-bond donors (Lipinski definition) is 2. The smallest absolute Gasteiger partial charge is 0.271 e. The molecule has 9 heteroatoms. The summed E-state index contributed by atoms with van der Waals surface area (Å²) in [7, 11) is -3.78. The first-order valence-electron chi connectivity index (χ1n) is 4.60. The van der Waals surface area contributed by atoms with E-state index in [4.69, 9.17) is 9.56 Å². The Morgan fingerprint density at radius 2 is 2.24 bits per heavy atom. The number of rotatable bonds is 4. The number of furan rings is 1. The Labute approximate surface area is 102 Å². The number of nitrogens with two attached hydrogens (primary N) is 1. The van der Waals surface area contributed by atoms with Gasteiger partial charge in [0.05, 0.1) is 6.54 Å². The van der Waals surface area contributed by atoms with Crippen LogP contribution in [0, 0.1) is 6.92 Å². The van der Waals surface area contributed by atoms with Gasteiger partial charge < -0.3 is 9.73 Å². The third-order valence-corrected chi connectivity index (χ3v) is 3.43. The molecule has 2 aromatic rings. The van der Waals surface area contributed by atoms with Crippen LogP contribution in [0.4, 0.5) is 5.13 Å². The van der Waals surface area contributed by atoms with Crippen LogP contribution in [0.2, 0.25) is 0 Å². The molecule has 2 heterocycles. The van der Waals surface area contributed by atoms with Gasteiger partial charge in [-0.2, -0.15) is 0 Å². The van der Waals surface area contributed by atoms with Crippen molar-refractivity contribution in [3.05, 3.63) is 22.9 Å². The van der Waals surface area contributed by atoms with Crippen molar-refractivity contribution >= 4 is 26.5 Å². The van der Waals surface area contributed by atoms with E-state index in [2.05, 4.69) is 15.5 Å². The Morgan fingerprint density at radius 3 is 2.76 bits per heavy atom. The van der Waals surface area contributed by atoms with Gasteiger partial charge in [0.2, 0.25) is 10.2 Å². The van der Waals surface area contributed by atoms with Crippen molar-refractivity contribution in [2.24, 2.45) is 5.14 Å². The maximum absolute atomic E-state index is 11.0. The normalized spacial score (nSPS) is 11.6. The average molecular weight is 274 g/mol. The van der Waals surface area contributed by atoms with Gasteiger partial charge in [0.25, 0.3) is 10.0 Å². The Hall–Kier alpha value is -1.45. The number of sulfonamides is 1. The number of nitrogens with one attached hydrogen (secondary N) is 1. The maximum atomic E-state index is 11.0. The molecule has 0 saturated heterocycles. The lowest BCUT2D eigenvalue weighted by Gasteiger charge is -1.97. The molecule has 0 fully saturated rings. The zero-order chi connectivity index (χ0) is 12.5. The zero-order valence-electron chi connectivity index (χ0n) is 8.87. The van der Waals surface area contributed by atoms with Gasteiger partial charge >= 0.3 is 0 Å². The number of nitrogens with zero attached hydrogens (tertiary/aromatic N) is 2. The van der Waals surface area contributed by atoms with Gasteiger partial charge in [-0.1, -0.05) is 11.3 Å². The molecule has 0 aliphatic carbocycles. The third kappa shape index (κ3) is 3.02. The molecule has 0 aromatic carbocycles. The fourth-order valence-electron chi connectivity index (χ4n) is 1.14. The molecule has 0 atom stereocenters. The molecule has 2 aromatic heterocycles. The van der Waals surface area contributed by atoms with Gasteiger partial charge in [-0.3, -0.25) is 0 Å². The van der Waals surface area contributed by atoms with Crippen LogP contribution in [0.25, 0.3) is 0 Å². The van der Waals surface area contributed by atoms with Crippen LogP contribution in [0.3, 0.4) is 0 Å². The first-order valence-corrected chi connectivity index (χ1v) is 6.97. The largest absolute Gasteiger partial charge is 0.446 e. The van der Waals surface area contributed by atoms with E-state index in [1.165, 1.54) is 17.4 Å². The van der Waals surface area contributed by atoms with Crippen molar-refractivity contribution in [2.75, 3.05) is 5.32 Å². The van der Waals surface area contributed by atoms with Gasteiger partial charge in [-0.05, 0) is 19.1 Å². The quantitative estimate of drug-likeness (QED) is 0.848. The lowest BCUT2D eigenvalue weighted by Crippen LogP contribution is -2.10. The van der Waals surface area contributed by atoms with Crippen LogP contribution in [0.5, 0.6) is 0 Å². The van der Waals surface area contributed by atoms with Crippen LogP contribution in [-0.2, 0) is 16.6 Å². The first-order chi connectivity index (χ1) is 7.95. The van der Waals surface area contributed by atoms with E-state index in [1.54, 1.807) is 6.07 Å². The summed E-state index contributed by atoms with van der Waals surface area (Å²) in [6.07, 6.45) is 0. The molecule has 7 nitrogen and oxygen atoms in total. The van der Waals surface area contributed by atoms with E-state index in [1.807, 2.05) is 6.92 Å². The summed E-state index contributed by atoms with van der Waals surface area (Å²) in [6.45, 7) is 2.17. The Balaban J connectivity index is 2.03. The molecule has 0 saturated carbocycles. The zero-order valence-corrected chi connectivity index (χ0v) is 10.5.